The predicted octanol–water partition coefficient (Wildman–Crippen LogP) is 3.29. The van der Waals surface area contributed by atoms with E-state index < -0.39 is 47.1 Å². The number of aliphatic hydroxyl groups is 1. The van der Waals surface area contributed by atoms with Crippen molar-refractivity contribution < 1.29 is 29.0 Å². The smallest absolute Gasteiger partial charge is 0.312 e. The van der Waals surface area contributed by atoms with Crippen molar-refractivity contribution in [2.24, 2.45) is 11.8 Å². The number of esters is 1. The quantitative estimate of drug-likeness (QED) is 0.249. The van der Waals surface area contributed by atoms with Crippen molar-refractivity contribution in [2.75, 3.05) is 19.8 Å². The number of ether oxygens (including phenoxy) is 2. The summed E-state index contributed by atoms with van der Waals surface area (Å²) in [4.78, 5) is 45.3. The van der Waals surface area contributed by atoms with Gasteiger partial charge in [-0.15, -0.1) is 13.2 Å². The fourth-order valence-corrected chi connectivity index (χ4v) is 6.64. The number of benzene rings is 1. The first-order chi connectivity index (χ1) is 18.6. The molecule has 1 spiro atoms. The highest BCUT2D eigenvalue weighted by atomic mass is 16.6. The van der Waals surface area contributed by atoms with Gasteiger partial charge in [-0.3, -0.25) is 14.4 Å². The Labute approximate surface area is 231 Å². The van der Waals surface area contributed by atoms with Crippen LogP contribution in [0, 0.1) is 11.8 Å². The van der Waals surface area contributed by atoms with Crippen molar-refractivity contribution in [3.05, 3.63) is 61.2 Å². The highest BCUT2D eigenvalue weighted by Gasteiger charge is 2.75. The number of aliphatic hydroxyl groups excluding tert-OH is 1. The Morgan fingerprint density at radius 2 is 1.97 bits per heavy atom. The Morgan fingerprint density at radius 3 is 2.59 bits per heavy atom. The molecule has 3 heterocycles. The Balaban J connectivity index is 1.74. The third-order valence-electron chi connectivity index (χ3n) is 8.35. The number of amides is 2. The van der Waals surface area contributed by atoms with Crippen LogP contribution in [0.2, 0.25) is 0 Å². The zero-order valence-electron chi connectivity index (χ0n) is 23.4. The van der Waals surface area contributed by atoms with Gasteiger partial charge in [0.15, 0.2) is 0 Å². The van der Waals surface area contributed by atoms with Crippen molar-refractivity contribution in [2.45, 2.75) is 82.2 Å². The SMILES string of the molecule is C=CCCCOC(=O)[C@@H]1[C@@H]2CCC3(O2)C(C(=O)N(CC=C)C(C)(C)C)N([C@@H](CO)Cc2ccccc2)C(=O)[C@H]13. The molecule has 3 saturated heterocycles. The average molecular weight is 539 g/mol. The lowest BCUT2D eigenvalue weighted by molar-refractivity contribution is -0.157. The molecule has 2 bridgehead atoms. The van der Waals surface area contributed by atoms with E-state index in [1.54, 1.807) is 17.1 Å². The second-order valence-electron chi connectivity index (χ2n) is 11.8. The van der Waals surface area contributed by atoms with Crippen molar-refractivity contribution in [1.82, 2.24) is 9.80 Å². The van der Waals surface area contributed by atoms with Gasteiger partial charge in [0.05, 0.1) is 37.2 Å². The first kappa shape index (κ1) is 29.0. The molecule has 3 aliphatic rings. The van der Waals surface area contributed by atoms with Crippen molar-refractivity contribution in [1.29, 1.82) is 0 Å². The van der Waals surface area contributed by atoms with Gasteiger partial charge in [-0.05, 0) is 58.4 Å². The lowest BCUT2D eigenvalue weighted by atomic mass is 9.70. The van der Waals surface area contributed by atoms with Crippen LogP contribution in [-0.2, 0) is 30.3 Å². The van der Waals surface area contributed by atoms with E-state index in [0.717, 1.165) is 12.0 Å². The lowest BCUT2D eigenvalue weighted by Gasteiger charge is -2.43. The number of rotatable bonds is 12. The summed E-state index contributed by atoms with van der Waals surface area (Å²) < 4.78 is 12.1. The van der Waals surface area contributed by atoms with Gasteiger partial charge < -0.3 is 24.4 Å². The molecule has 2 unspecified atom stereocenters. The summed E-state index contributed by atoms with van der Waals surface area (Å²) in [6, 6.07) is 7.95. The van der Waals surface area contributed by atoms with E-state index in [4.69, 9.17) is 9.47 Å². The maximum atomic E-state index is 14.5. The van der Waals surface area contributed by atoms with Crippen LogP contribution in [0.15, 0.2) is 55.6 Å². The fraction of sp³-hybridized carbons (Fsp3) is 0.581. The summed E-state index contributed by atoms with van der Waals surface area (Å²) in [5, 5.41) is 10.6. The maximum Gasteiger partial charge on any atom is 0.312 e. The van der Waals surface area contributed by atoms with Crippen molar-refractivity contribution in [3.8, 4) is 0 Å². The summed E-state index contributed by atoms with van der Waals surface area (Å²) in [7, 11) is 0. The molecule has 0 aliphatic carbocycles. The Kier molecular flexibility index (Phi) is 8.66. The molecular weight excluding hydrogens is 496 g/mol. The number of allylic oxidation sites excluding steroid dienone is 1. The van der Waals surface area contributed by atoms with Gasteiger partial charge in [0.2, 0.25) is 11.8 Å². The van der Waals surface area contributed by atoms with Crippen LogP contribution >= 0.6 is 0 Å². The summed E-state index contributed by atoms with van der Waals surface area (Å²) >= 11 is 0. The number of likely N-dealkylation sites (tertiary alicyclic amines) is 1. The summed E-state index contributed by atoms with van der Waals surface area (Å²) in [5.41, 5.74) is -0.770. The molecule has 8 heteroatoms. The zero-order valence-corrected chi connectivity index (χ0v) is 23.4. The van der Waals surface area contributed by atoms with Crippen LogP contribution in [0.1, 0.15) is 52.0 Å². The van der Waals surface area contributed by atoms with Gasteiger partial charge in [-0.25, -0.2) is 0 Å². The molecule has 3 fully saturated rings. The normalized spacial score (nSPS) is 28.2. The molecule has 2 amide bonds. The van der Waals surface area contributed by atoms with Gasteiger partial charge in [0.25, 0.3) is 0 Å². The second kappa shape index (κ2) is 11.6. The van der Waals surface area contributed by atoms with Gasteiger partial charge in [-0.2, -0.15) is 0 Å². The standard InChI is InChI=1S/C31H42N2O6/c1-6-8-12-18-38-29(37)24-23-15-16-31(39-23)25(24)27(35)33(22(20-34)19-21-13-10-9-11-14-21)26(31)28(36)32(17-7-2)30(3,4)5/h6-7,9-11,13-14,22-26,34H,1-2,8,12,15-20H2,3-5H3/t22-,23+,24-,25+,26?,31?/m1/s1. The molecule has 39 heavy (non-hydrogen) atoms. The number of nitrogens with zero attached hydrogens (tertiary/aromatic N) is 2. The van der Waals surface area contributed by atoms with Crippen molar-refractivity contribution >= 4 is 17.8 Å². The van der Waals surface area contributed by atoms with Crippen molar-refractivity contribution in [3.63, 3.8) is 0 Å². The van der Waals surface area contributed by atoms with E-state index in [9.17, 15) is 19.5 Å². The molecule has 4 rings (SSSR count). The molecule has 0 aromatic heterocycles. The predicted molar refractivity (Wildman–Crippen MR) is 148 cm³/mol. The molecule has 0 radical (unpaired) electrons. The number of carbonyl (C=O) groups excluding carboxylic acids is 3. The number of fused-ring (bicyclic) bond motifs is 1. The average Bonchev–Trinajstić information content (AvgIpc) is 3.55. The third kappa shape index (κ3) is 5.29. The maximum absolute atomic E-state index is 14.5. The van der Waals surface area contributed by atoms with Crippen LogP contribution < -0.4 is 0 Å². The molecule has 1 N–H and O–H groups in total. The highest BCUT2D eigenvalue weighted by molar-refractivity contribution is 5.98. The first-order valence-electron chi connectivity index (χ1n) is 14.0. The van der Waals surface area contributed by atoms with Gasteiger partial charge in [0.1, 0.15) is 11.6 Å². The molecule has 8 nitrogen and oxygen atoms in total. The number of carbonyl (C=O) groups is 3. The summed E-state index contributed by atoms with van der Waals surface area (Å²) in [6.45, 7) is 13.6. The Hall–Kier alpha value is -2.97. The Morgan fingerprint density at radius 1 is 1.26 bits per heavy atom. The third-order valence-corrected chi connectivity index (χ3v) is 8.35. The van der Waals surface area contributed by atoms with E-state index >= 15 is 0 Å². The summed E-state index contributed by atoms with van der Waals surface area (Å²) in [6.07, 6.45) is 5.74. The number of hydrogen-bond acceptors (Lipinski definition) is 6. The first-order valence-corrected chi connectivity index (χ1v) is 14.0. The minimum atomic E-state index is -1.15. The monoisotopic (exact) mass is 538 g/mol. The van der Waals surface area contributed by atoms with E-state index in [2.05, 4.69) is 13.2 Å². The zero-order chi connectivity index (χ0) is 28.4. The number of hydrogen-bond donors (Lipinski definition) is 1. The lowest BCUT2D eigenvalue weighted by Crippen LogP contribution is -2.61. The molecule has 0 saturated carbocycles. The van der Waals surface area contributed by atoms with E-state index in [1.807, 2.05) is 51.1 Å². The van der Waals surface area contributed by atoms with Gasteiger partial charge >= 0.3 is 5.97 Å². The van der Waals surface area contributed by atoms with Crippen LogP contribution in [0.3, 0.4) is 0 Å². The number of unbranched alkanes of at least 4 members (excludes halogenated alkanes) is 1. The second-order valence-corrected chi connectivity index (χ2v) is 11.8. The van der Waals surface area contributed by atoms with Gasteiger partial charge in [0, 0.05) is 12.1 Å². The minimum Gasteiger partial charge on any atom is -0.465 e. The summed E-state index contributed by atoms with van der Waals surface area (Å²) in [5.74, 6) is -2.67. The van der Waals surface area contributed by atoms with Crippen LogP contribution in [0.5, 0.6) is 0 Å². The molecule has 6 atom stereocenters. The van der Waals surface area contributed by atoms with Gasteiger partial charge in [-0.1, -0.05) is 42.5 Å². The van der Waals surface area contributed by atoms with E-state index in [-0.39, 0.29) is 25.0 Å². The van der Waals surface area contributed by atoms with Crippen LogP contribution in [0.25, 0.3) is 0 Å². The minimum absolute atomic E-state index is 0.235. The topological polar surface area (TPSA) is 96.4 Å². The highest BCUT2D eigenvalue weighted by Crippen LogP contribution is 2.59. The van der Waals surface area contributed by atoms with E-state index in [1.165, 1.54) is 4.90 Å². The Bertz CT molecular complexity index is 1080. The molecule has 1 aromatic rings. The van der Waals surface area contributed by atoms with Crippen LogP contribution in [0.4, 0.5) is 0 Å². The molecule has 212 valence electrons. The fourth-order valence-electron chi connectivity index (χ4n) is 6.64. The molecule has 3 aliphatic heterocycles. The molecule has 1 aromatic carbocycles. The largest absolute Gasteiger partial charge is 0.465 e. The van der Waals surface area contributed by atoms with E-state index in [0.29, 0.717) is 32.2 Å². The van der Waals surface area contributed by atoms with Crippen LogP contribution in [-0.4, -0.2) is 81.8 Å². The molecular formula is C31H42N2O6.